The zero-order valence-electron chi connectivity index (χ0n) is 12.2. The Labute approximate surface area is 116 Å². The molecule has 0 aromatic rings. The quantitative estimate of drug-likeness (QED) is 0.270. The summed E-state index contributed by atoms with van der Waals surface area (Å²) < 4.78 is 5.02. The highest BCUT2D eigenvalue weighted by molar-refractivity contribution is 5.92. The maximum atomic E-state index is 11.4. The summed E-state index contributed by atoms with van der Waals surface area (Å²) in [7, 11) is 1.64. The molecule has 0 unspecified atom stereocenters. The van der Waals surface area contributed by atoms with Gasteiger partial charge in [-0.25, -0.2) is 4.79 Å². The number of esters is 1. The predicted molar refractivity (Wildman–Crippen MR) is 76.3 cm³/mol. The Morgan fingerprint density at radius 2 is 1.74 bits per heavy atom. The van der Waals surface area contributed by atoms with Crippen LogP contribution in [0.15, 0.2) is 11.8 Å². The van der Waals surface area contributed by atoms with Gasteiger partial charge in [0.1, 0.15) is 6.07 Å². The third-order valence-electron chi connectivity index (χ3n) is 2.86. The lowest BCUT2D eigenvalue weighted by Crippen LogP contribution is -2.10. The molecule has 0 aliphatic rings. The van der Waals surface area contributed by atoms with Gasteiger partial charge < -0.3 is 10.1 Å². The van der Waals surface area contributed by atoms with Crippen LogP contribution in [0, 0.1) is 11.3 Å². The monoisotopic (exact) mass is 266 g/mol. The average Bonchev–Trinajstić information content (AvgIpc) is 2.42. The molecule has 0 aliphatic heterocycles. The maximum absolute atomic E-state index is 11.4. The van der Waals surface area contributed by atoms with E-state index in [4.69, 9.17) is 10.00 Å². The topological polar surface area (TPSA) is 62.1 Å². The second kappa shape index (κ2) is 12.9. The molecule has 0 aromatic heterocycles. The SMILES string of the molecule is CCCCCCCCCCOC(=O)/C(C#N)=C/NC. The lowest BCUT2D eigenvalue weighted by molar-refractivity contribution is -0.138. The van der Waals surface area contributed by atoms with Crippen molar-refractivity contribution in [1.29, 1.82) is 5.26 Å². The summed E-state index contributed by atoms with van der Waals surface area (Å²) in [5.41, 5.74) is 0.0158. The summed E-state index contributed by atoms with van der Waals surface area (Å²) in [6.45, 7) is 2.61. The summed E-state index contributed by atoms with van der Waals surface area (Å²) in [4.78, 5) is 11.4. The second-order valence-corrected chi connectivity index (χ2v) is 4.57. The Kier molecular flexibility index (Phi) is 11.9. The van der Waals surface area contributed by atoms with Crippen molar-refractivity contribution in [2.24, 2.45) is 0 Å². The van der Waals surface area contributed by atoms with Gasteiger partial charge in [0.25, 0.3) is 0 Å². The largest absolute Gasteiger partial charge is 0.462 e. The third kappa shape index (κ3) is 10.1. The van der Waals surface area contributed by atoms with Crippen LogP contribution < -0.4 is 5.32 Å². The second-order valence-electron chi connectivity index (χ2n) is 4.57. The highest BCUT2D eigenvalue weighted by Gasteiger charge is 2.09. The molecule has 0 heterocycles. The first-order valence-electron chi connectivity index (χ1n) is 7.20. The fourth-order valence-electron chi connectivity index (χ4n) is 1.76. The minimum Gasteiger partial charge on any atom is -0.462 e. The Hall–Kier alpha value is -1.50. The van der Waals surface area contributed by atoms with Gasteiger partial charge in [0.2, 0.25) is 0 Å². The first kappa shape index (κ1) is 17.5. The molecular weight excluding hydrogens is 240 g/mol. The number of hydrogen-bond donors (Lipinski definition) is 1. The number of hydrogen-bond acceptors (Lipinski definition) is 4. The zero-order chi connectivity index (χ0) is 14.3. The molecule has 0 saturated heterocycles. The fraction of sp³-hybridized carbons (Fsp3) is 0.733. The summed E-state index contributed by atoms with van der Waals surface area (Å²) in [5.74, 6) is -0.542. The molecule has 108 valence electrons. The van der Waals surface area contributed by atoms with Gasteiger partial charge in [-0.1, -0.05) is 51.9 Å². The van der Waals surface area contributed by atoms with E-state index in [-0.39, 0.29) is 5.57 Å². The Balaban J connectivity index is 3.47. The molecule has 0 rings (SSSR count). The number of carbonyl (C=O) groups is 1. The van der Waals surface area contributed by atoms with Crippen LogP contribution in [0.3, 0.4) is 0 Å². The van der Waals surface area contributed by atoms with Gasteiger partial charge in [-0.2, -0.15) is 5.26 Å². The van der Waals surface area contributed by atoms with Crippen molar-refractivity contribution in [3.8, 4) is 6.07 Å². The number of unbranched alkanes of at least 4 members (excludes halogenated alkanes) is 7. The van der Waals surface area contributed by atoms with Crippen LogP contribution in [-0.2, 0) is 9.53 Å². The standard InChI is InChI=1S/C15H26N2O2/c1-3-4-5-6-7-8-9-10-11-19-15(18)14(12-16)13-17-2/h13,17H,3-11H2,1-2H3/b14-13+. The maximum Gasteiger partial charge on any atom is 0.350 e. The highest BCUT2D eigenvalue weighted by Crippen LogP contribution is 2.08. The zero-order valence-corrected chi connectivity index (χ0v) is 12.2. The molecule has 0 fully saturated rings. The molecule has 4 nitrogen and oxygen atoms in total. The van der Waals surface area contributed by atoms with Crippen molar-refractivity contribution in [1.82, 2.24) is 5.32 Å². The van der Waals surface area contributed by atoms with Crippen molar-refractivity contribution in [3.63, 3.8) is 0 Å². The van der Waals surface area contributed by atoms with Crippen molar-refractivity contribution >= 4 is 5.97 Å². The van der Waals surface area contributed by atoms with Gasteiger partial charge in [0, 0.05) is 13.2 Å². The van der Waals surface area contributed by atoms with Crippen LogP contribution in [0.2, 0.25) is 0 Å². The lowest BCUT2D eigenvalue weighted by atomic mass is 10.1. The highest BCUT2D eigenvalue weighted by atomic mass is 16.5. The van der Waals surface area contributed by atoms with Crippen LogP contribution in [0.4, 0.5) is 0 Å². The molecule has 0 spiro atoms. The lowest BCUT2D eigenvalue weighted by Gasteiger charge is -2.04. The number of nitriles is 1. The normalized spacial score (nSPS) is 10.9. The van der Waals surface area contributed by atoms with Crippen LogP contribution in [0.1, 0.15) is 58.3 Å². The first-order chi connectivity index (χ1) is 9.26. The Bertz CT molecular complexity index is 306. The van der Waals surface area contributed by atoms with Crippen LogP contribution in [0.25, 0.3) is 0 Å². The molecule has 0 aromatic carbocycles. The van der Waals surface area contributed by atoms with E-state index >= 15 is 0 Å². The van der Waals surface area contributed by atoms with Crippen molar-refractivity contribution in [2.75, 3.05) is 13.7 Å². The molecule has 1 N–H and O–H groups in total. The van der Waals surface area contributed by atoms with E-state index in [9.17, 15) is 4.79 Å². The summed E-state index contributed by atoms with van der Waals surface area (Å²) >= 11 is 0. The number of nitrogens with zero attached hydrogens (tertiary/aromatic N) is 1. The predicted octanol–water partition coefficient (Wildman–Crippen LogP) is 3.30. The summed E-state index contributed by atoms with van der Waals surface area (Å²) in [5, 5.41) is 11.4. The molecule has 0 radical (unpaired) electrons. The molecule has 0 bridgehead atoms. The van der Waals surface area contributed by atoms with E-state index in [1.165, 1.54) is 44.7 Å². The van der Waals surface area contributed by atoms with Crippen LogP contribution in [-0.4, -0.2) is 19.6 Å². The summed E-state index contributed by atoms with van der Waals surface area (Å²) in [6, 6.07) is 1.81. The van der Waals surface area contributed by atoms with Gasteiger partial charge >= 0.3 is 5.97 Å². The van der Waals surface area contributed by atoms with Crippen molar-refractivity contribution < 1.29 is 9.53 Å². The van der Waals surface area contributed by atoms with Gasteiger partial charge in [-0.15, -0.1) is 0 Å². The van der Waals surface area contributed by atoms with Crippen LogP contribution in [0.5, 0.6) is 0 Å². The molecule has 4 heteroatoms. The van der Waals surface area contributed by atoms with Gasteiger partial charge in [0.05, 0.1) is 6.61 Å². The van der Waals surface area contributed by atoms with E-state index in [0.29, 0.717) is 6.61 Å². The molecule has 0 aliphatic carbocycles. The Morgan fingerprint density at radius 3 is 2.26 bits per heavy atom. The van der Waals surface area contributed by atoms with Crippen LogP contribution >= 0.6 is 0 Å². The van der Waals surface area contributed by atoms with Gasteiger partial charge in [0.15, 0.2) is 5.57 Å². The Morgan fingerprint density at radius 1 is 1.16 bits per heavy atom. The number of carbonyl (C=O) groups excluding carboxylic acids is 1. The van der Waals surface area contributed by atoms with Crippen molar-refractivity contribution in [2.45, 2.75) is 58.3 Å². The number of ether oxygens (including phenoxy) is 1. The number of nitrogens with one attached hydrogen (secondary N) is 1. The van der Waals surface area contributed by atoms with E-state index < -0.39 is 5.97 Å². The molecule has 0 amide bonds. The minimum atomic E-state index is -0.542. The van der Waals surface area contributed by atoms with E-state index in [2.05, 4.69) is 12.2 Å². The van der Waals surface area contributed by atoms with E-state index in [1.54, 1.807) is 7.05 Å². The minimum absolute atomic E-state index is 0.0158. The van der Waals surface area contributed by atoms with E-state index in [1.807, 2.05) is 6.07 Å². The molecule has 0 atom stereocenters. The first-order valence-corrected chi connectivity index (χ1v) is 7.20. The van der Waals surface area contributed by atoms with E-state index in [0.717, 1.165) is 12.8 Å². The molecule has 19 heavy (non-hydrogen) atoms. The van der Waals surface area contributed by atoms with Gasteiger partial charge in [-0.3, -0.25) is 0 Å². The number of rotatable bonds is 11. The summed E-state index contributed by atoms with van der Waals surface area (Å²) in [6.07, 6.45) is 11.0. The van der Waals surface area contributed by atoms with Crippen molar-refractivity contribution in [3.05, 3.63) is 11.8 Å². The molecular formula is C15H26N2O2. The fourth-order valence-corrected chi connectivity index (χ4v) is 1.76. The average molecular weight is 266 g/mol. The molecule has 0 saturated carbocycles. The van der Waals surface area contributed by atoms with Gasteiger partial charge in [-0.05, 0) is 6.42 Å². The smallest absolute Gasteiger partial charge is 0.350 e. The third-order valence-corrected chi connectivity index (χ3v) is 2.86.